The van der Waals surface area contributed by atoms with Gasteiger partial charge in [0.1, 0.15) is 5.69 Å². The maximum Gasteiger partial charge on any atom is 0.269 e. The SMILES string of the molecule is CCC(=O)c1cc(C)c(C[C@@H](CNC(=O)c2ccccn2)N(C)C)c(C)c1. The van der Waals surface area contributed by atoms with Crippen molar-refractivity contribution in [2.24, 2.45) is 0 Å². The van der Waals surface area contributed by atoms with Crippen LogP contribution in [0.1, 0.15) is 50.9 Å². The Kier molecular flexibility index (Phi) is 7.25. The van der Waals surface area contributed by atoms with Crippen LogP contribution in [0.25, 0.3) is 0 Å². The van der Waals surface area contributed by atoms with Crippen LogP contribution < -0.4 is 5.32 Å². The van der Waals surface area contributed by atoms with E-state index in [1.165, 1.54) is 5.56 Å². The Balaban J connectivity index is 2.12. The lowest BCUT2D eigenvalue weighted by Gasteiger charge is -2.26. The molecule has 1 N–H and O–H groups in total. The van der Waals surface area contributed by atoms with Crippen molar-refractivity contribution in [2.75, 3.05) is 20.6 Å². The molecule has 1 amide bonds. The number of benzene rings is 1. The molecule has 27 heavy (non-hydrogen) atoms. The van der Waals surface area contributed by atoms with E-state index in [1.807, 2.05) is 47.0 Å². The van der Waals surface area contributed by atoms with Crippen LogP contribution in [0.3, 0.4) is 0 Å². The molecule has 0 saturated heterocycles. The molecule has 0 fully saturated rings. The van der Waals surface area contributed by atoms with Crippen LogP contribution in [0.2, 0.25) is 0 Å². The summed E-state index contributed by atoms with van der Waals surface area (Å²) in [5, 5.41) is 2.98. The van der Waals surface area contributed by atoms with E-state index in [-0.39, 0.29) is 17.7 Å². The summed E-state index contributed by atoms with van der Waals surface area (Å²) in [5.41, 5.74) is 4.67. The van der Waals surface area contributed by atoms with Crippen LogP contribution in [-0.4, -0.2) is 48.3 Å². The minimum atomic E-state index is -0.167. The second-order valence-electron chi connectivity index (χ2n) is 7.11. The normalized spacial score (nSPS) is 12.1. The third kappa shape index (κ3) is 5.47. The molecular weight excluding hydrogens is 338 g/mol. The Morgan fingerprint density at radius 3 is 2.33 bits per heavy atom. The third-order valence-corrected chi connectivity index (χ3v) is 4.90. The fourth-order valence-corrected chi connectivity index (χ4v) is 3.15. The number of aryl methyl sites for hydroxylation is 2. The van der Waals surface area contributed by atoms with E-state index in [4.69, 9.17) is 0 Å². The van der Waals surface area contributed by atoms with Gasteiger partial charge in [-0.15, -0.1) is 0 Å². The smallest absolute Gasteiger partial charge is 0.269 e. The zero-order valence-corrected chi connectivity index (χ0v) is 16.9. The van der Waals surface area contributed by atoms with Crippen LogP contribution in [-0.2, 0) is 6.42 Å². The molecule has 1 aromatic carbocycles. The fourth-order valence-electron chi connectivity index (χ4n) is 3.15. The Bertz CT molecular complexity index is 777. The second kappa shape index (κ2) is 9.42. The number of hydrogen-bond acceptors (Lipinski definition) is 4. The van der Waals surface area contributed by atoms with E-state index >= 15 is 0 Å². The van der Waals surface area contributed by atoms with Crippen LogP contribution in [0.15, 0.2) is 36.5 Å². The minimum absolute atomic E-state index is 0.141. The number of nitrogens with one attached hydrogen (secondary N) is 1. The molecule has 0 spiro atoms. The Labute approximate surface area is 161 Å². The lowest BCUT2D eigenvalue weighted by molar-refractivity contribution is 0.0935. The number of rotatable bonds is 8. The van der Waals surface area contributed by atoms with Crippen LogP contribution in [0.4, 0.5) is 0 Å². The van der Waals surface area contributed by atoms with Crippen LogP contribution >= 0.6 is 0 Å². The minimum Gasteiger partial charge on any atom is -0.349 e. The Hall–Kier alpha value is -2.53. The molecule has 0 radical (unpaired) electrons. The van der Waals surface area contributed by atoms with Crippen molar-refractivity contribution in [3.63, 3.8) is 0 Å². The van der Waals surface area contributed by atoms with Crippen molar-refractivity contribution in [3.05, 3.63) is 64.5 Å². The maximum atomic E-state index is 12.3. The number of Topliss-reactive ketones (excluding diaryl/α,β-unsaturated/α-hetero) is 1. The van der Waals surface area contributed by atoms with Gasteiger partial charge in [-0.3, -0.25) is 14.6 Å². The summed E-state index contributed by atoms with van der Waals surface area (Å²) in [6, 6.07) is 9.40. The van der Waals surface area contributed by atoms with E-state index in [2.05, 4.69) is 15.2 Å². The highest BCUT2D eigenvalue weighted by molar-refractivity contribution is 5.96. The van der Waals surface area contributed by atoms with Gasteiger partial charge in [-0.1, -0.05) is 13.0 Å². The van der Waals surface area contributed by atoms with Gasteiger partial charge in [0, 0.05) is 30.8 Å². The van der Waals surface area contributed by atoms with Crippen molar-refractivity contribution in [1.82, 2.24) is 15.2 Å². The lowest BCUT2D eigenvalue weighted by Crippen LogP contribution is -2.42. The summed E-state index contributed by atoms with van der Waals surface area (Å²) < 4.78 is 0. The summed E-state index contributed by atoms with van der Waals surface area (Å²) in [6.45, 7) is 6.51. The largest absolute Gasteiger partial charge is 0.349 e. The molecule has 0 bridgehead atoms. The highest BCUT2D eigenvalue weighted by atomic mass is 16.2. The third-order valence-electron chi connectivity index (χ3n) is 4.90. The van der Waals surface area contributed by atoms with Crippen molar-refractivity contribution < 1.29 is 9.59 Å². The van der Waals surface area contributed by atoms with E-state index < -0.39 is 0 Å². The van der Waals surface area contributed by atoms with Gasteiger partial charge in [-0.2, -0.15) is 0 Å². The second-order valence-corrected chi connectivity index (χ2v) is 7.11. The number of aromatic nitrogens is 1. The highest BCUT2D eigenvalue weighted by Gasteiger charge is 2.18. The number of hydrogen-bond donors (Lipinski definition) is 1. The zero-order chi connectivity index (χ0) is 20.0. The average molecular weight is 367 g/mol. The molecule has 1 atom stereocenters. The average Bonchev–Trinajstić information content (AvgIpc) is 2.66. The van der Waals surface area contributed by atoms with Gasteiger partial charge in [-0.25, -0.2) is 0 Å². The predicted molar refractivity (Wildman–Crippen MR) is 108 cm³/mol. The molecular formula is C22H29N3O2. The van der Waals surface area contributed by atoms with Crippen molar-refractivity contribution in [3.8, 4) is 0 Å². The molecule has 1 aromatic heterocycles. The van der Waals surface area contributed by atoms with Gasteiger partial charge in [0.25, 0.3) is 5.91 Å². The van der Waals surface area contributed by atoms with Gasteiger partial charge in [-0.05, 0) is 75.3 Å². The first-order chi connectivity index (χ1) is 12.8. The number of carbonyl (C=O) groups is 2. The van der Waals surface area contributed by atoms with E-state index in [1.54, 1.807) is 24.4 Å². The summed E-state index contributed by atoms with van der Waals surface area (Å²) in [4.78, 5) is 30.5. The summed E-state index contributed by atoms with van der Waals surface area (Å²) in [5.74, 6) is -0.000631. The zero-order valence-electron chi connectivity index (χ0n) is 16.9. The van der Waals surface area contributed by atoms with Crippen LogP contribution in [0, 0.1) is 13.8 Å². The molecule has 0 saturated carbocycles. The molecule has 0 unspecified atom stereocenters. The molecule has 0 aliphatic rings. The standard InChI is InChI=1S/C22H29N3O2/c1-6-21(26)17-11-15(2)19(16(3)12-17)13-18(25(4)5)14-24-22(27)20-9-7-8-10-23-20/h7-12,18H,6,13-14H2,1-5H3,(H,24,27)/t18-/m0/s1. The molecule has 1 heterocycles. The van der Waals surface area contributed by atoms with Gasteiger partial charge < -0.3 is 10.2 Å². The Morgan fingerprint density at radius 1 is 1.15 bits per heavy atom. The number of carbonyl (C=O) groups excluding carboxylic acids is 2. The van der Waals surface area contributed by atoms with Gasteiger partial charge in [0.05, 0.1) is 0 Å². The molecule has 5 heteroatoms. The van der Waals surface area contributed by atoms with E-state index in [0.717, 1.165) is 23.1 Å². The maximum absolute atomic E-state index is 12.3. The van der Waals surface area contributed by atoms with E-state index in [0.29, 0.717) is 18.7 Å². The number of likely N-dealkylation sites (N-methyl/N-ethyl adjacent to an activating group) is 1. The predicted octanol–water partition coefficient (Wildman–Crippen LogP) is 3.19. The molecule has 0 aliphatic carbocycles. The summed E-state index contributed by atoms with van der Waals surface area (Å²) in [7, 11) is 4.02. The van der Waals surface area contributed by atoms with Gasteiger partial charge >= 0.3 is 0 Å². The molecule has 2 rings (SSSR count). The first-order valence-corrected chi connectivity index (χ1v) is 9.32. The number of amides is 1. The summed E-state index contributed by atoms with van der Waals surface area (Å²) in [6.07, 6.45) is 2.93. The number of nitrogens with zero attached hydrogens (tertiary/aromatic N) is 2. The molecule has 2 aromatic rings. The monoisotopic (exact) mass is 367 g/mol. The number of ketones is 1. The van der Waals surface area contributed by atoms with Crippen molar-refractivity contribution in [1.29, 1.82) is 0 Å². The van der Waals surface area contributed by atoms with Crippen molar-refractivity contribution in [2.45, 2.75) is 39.7 Å². The molecule has 5 nitrogen and oxygen atoms in total. The quantitative estimate of drug-likeness (QED) is 0.728. The van der Waals surface area contributed by atoms with E-state index in [9.17, 15) is 9.59 Å². The van der Waals surface area contributed by atoms with Crippen molar-refractivity contribution >= 4 is 11.7 Å². The summed E-state index contributed by atoms with van der Waals surface area (Å²) >= 11 is 0. The van der Waals surface area contributed by atoms with Gasteiger partial charge in [0.2, 0.25) is 0 Å². The highest BCUT2D eigenvalue weighted by Crippen LogP contribution is 2.20. The molecule has 0 aliphatic heterocycles. The van der Waals surface area contributed by atoms with Gasteiger partial charge in [0.15, 0.2) is 5.78 Å². The Morgan fingerprint density at radius 2 is 1.81 bits per heavy atom. The first kappa shape index (κ1) is 20.8. The first-order valence-electron chi connectivity index (χ1n) is 9.32. The lowest BCUT2D eigenvalue weighted by atomic mass is 9.92. The molecule has 144 valence electrons. The number of pyridine rings is 1. The fraction of sp³-hybridized carbons (Fsp3) is 0.409. The topological polar surface area (TPSA) is 62.3 Å². The van der Waals surface area contributed by atoms with Crippen LogP contribution in [0.5, 0.6) is 0 Å².